The van der Waals surface area contributed by atoms with Crippen molar-refractivity contribution < 1.29 is 13.9 Å². The van der Waals surface area contributed by atoms with Gasteiger partial charge in [0.1, 0.15) is 12.4 Å². The molecule has 4 aromatic rings. The van der Waals surface area contributed by atoms with E-state index in [0.29, 0.717) is 25.8 Å². The summed E-state index contributed by atoms with van der Waals surface area (Å²) in [5, 5.41) is 17.0. The summed E-state index contributed by atoms with van der Waals surface area (Å²) in [6.07, 6.45) is 0.913. The quantitative estimate of drug-likeness (QED) is 0.368. The molecular weight excluding hydrogens is 447 g/mol. The predicted molar refractivity (Wildman–Crippen MR) is 131 cm³/mol. The van der Waals surface area contributed by atoms with Gasteiger partial charge in [0.25, 0.3) is 0 Å². The largest absolute Gasteiger partial charge is 0.385 e. The molecule has 1 N–H and O–H groups in total. The molecule has 1 aliphatic heterocycles. The molecule has 0 radical (unpaired) electrons. The first-order valence-corrected chi connectivity index (χ1v) is 11.7. The van der Waals surface area contributed by atoms with E-state index in [9.17, 15) is 4.39 Å². The van der Waals surface area contributed by atoms with Gasteiger partial charge in [0.05, 0.1) is 18.3 Å². The van der Waals surface area contributed by atoms with Crippen LogP contribution in [0.3, 0.4) is 0 Å². The van der Waals surface area contributed by atoms with Gasteiger partial charge in [-0.2, -0.15) is 5.10 Å². The highest BCUT2D eigenvalue weighted by molar-refractivity contribution is 5.70. The summed E-state index contributed by atoms with van der Waals surface area (Å²) < 4.78 is 28.5. The summed E-state index contributed by atoms with van der Waals surface area (Å²) in [7, 11) is 1.71. The van der Waals surface area contributed by atoms with E-state index in [4.69, 9.17) is 14.6 Å². The van der Waals surface area contributed by atoms with E-state index in [-0.39, 0.29) is 11.9 Å². The monoisotopic (exact) mass is 476 g/mol. The first kappa shape index (κ1) is 23.2. The first-order valence-electron chi connectivity index (χ1n) is 11.7. The van der Waals surface area contributed by atoms with Gasteiger partial charge >= 0.3 is 0 Å². The Hall–Kier alpha value is -3.56. The lowest BCUT2D eigenvalue weighted by atomic mass is 10.1. The van der Waals surface area contributed by atoms with E-state index in [1.54, 1.807) is 19.2 Å². The number of rotatable bonds is 8. The molecule has 8 nitrogen and oxygen atoms in total. The molecule has 0 spiro atoms. The van der Waals surface area contributed by atoms with Crippen LogP contribution in [-0.4, -0.2) is 44.9 Å². The fourth-order valence-corrected chi connectivity index (χ4v) is 4.37. The van der Waals surface area contributed by atoms with Crippen LogP contribution in [0.4, 0.5) is 16.0 Å². The SMILES string of the molecule is COCCCn1nc(-c2ccc(C)c(Nc3nnc4n3C(c3ccc(F)cc3)COC4)c2)cc1C. The van der Waals surface area contributed by atoms with Crippen molar-refractivity contribution in [3.05, 3.63) is 77.0 Å². The number of fused-ring (bicyclic) bond motifs is 1. The second-order valence-electron chi connectivity index (χ2n) is 8.79. The second kappa shape index (κ2) is 9.97. The van der Waals surface area contributed by atoms with Crippen molar-refractivity contribution >= 4 is 11.6 Å². The Kier molecular flexibility index (Phi) is 6.61. The molecule has 0 amide bonds. The molecule has 0 fully saturated rings. The van der Waals surface area contributed by atoms with Gasteiger partial charge in [0, 0.05) is 37.2 Å². The van der Waals surface area contributed by atoms with Crippen LogP contribution >= 0.6 is 0 Å². The maximum Gasteiger partial charge on any atom is 0.229 e. The number of nitrogens with one attached hydrogen (secondary N) is 1. The normalized spacial score (nSPS) is 15.3. The molecule has 9 heteroatoms. The van der Waals surface area contributed by atoms with Crippen LogP contribution in [0.15, 0.2) is 48.5 Å². The number of halogens is 1. The zero-order valence-corrected chi connectivity index (χ0v) is 20.2. The fourth-order valence-electron chi connectivity index (χ4n) is 4.37. The third kappa shape index (κ3) is 4.82. The van der Waals surface area contributed by atoms with E-state index in [1.807, 2.05) is 9.25 Å². The Balaban J connectivity index is 1.43. The number of aryl methyl sites for hydroxylation is 3. The number of methoxy groups -OCH3 is 1. The van der Waals surface area contributed by atoms with Crippen molar-refractivity contribution in [1.29, 1.82) is 0 Å². The molecule has 182 valence electrons. The van der Waals surface area contributed by atoms with Crippen LogP contribution in [-0.2, 0) is 22.6 Å². The summed E-state index contributed by atoms with van der Waals surface area (Å²) in [5.41, 5.74) is 5.99. The summed E-state index contributed by atoms with van der Waals surface area (Å²) in [6.45, 7) is 6.48. The average molecular weight is 477 g/mol. The Morgan fingerprint density at radius 1 is 1.11 bits per heavy atom. The van der Waals surface area contributed by atoms with Crippen LogP contribution in [0.25, 0.3) is 11.3 Å². The van der Waals surface area contributed by atoms with Gasteiger partial charge in [-0.3, -0.25) is 9.25 Å². The van der Waals surface area contributed by atoms with Crippen LogP contribution < -0.4 is 5.32 Å². The zero-order chi connectivity index (χ0) is 24.4. The van der Waals surface area contributed by atoms with Crippen molar-refractivity contribution in [2.24, 2.45) is 0 Å². The summed E-state index contributed by atoms with van der Waals surface area (Å²) in [6, 6.07) is 14.7. The minimum absolute atomic E-state index is 0.147. The van der Waals surface area contributed by atoms with E-state index in [2.05, 4.69) is 53.6 Å². The van der Waals surface area contributed by atoms with Gasteiger partial charge < -0.3 is 14.8 Å². The molecule has 5 rings (SSSR count). The summed E-state index contributed by atoms with van der Waals surface area (Å²) in [4.78, 5) is 0. The molecule has 0 bridgehead atoms. The zero-order valence-electron chi connectivity index (χ0n) is 20.2. The molecular formula is C26H29FN6O2. The molecule has 35 heavy (non-hydrogen) atoms. The highest BCUT2D eigenvalue weighted by Crippen LogP contribution is 2.32. The average Bonchev–Trinajstić information content (AvgIpc) is 3.44. The minimum Gasteiger partial charge on any atom is -0.385 e. The molecule has 1 aliphatic rings. The number of benzene rings is 2. The standard InChI is InChI=1S/C26H29FN6O2/c1-17-5-6-20(23-13-18(2)32(31-23)11-4-12-34-3)14-22(17)28-26-30-29-25-16-35-15-24(33(25)26)19-7-9-21(27)10-8-19/h5-10,13-14,24H,4,11-12,15-16H2,1-3H3,(H,28,30). The molecule has 3 heterocycles. The summed E-state index contributed by atoms with van der Waals surface area (Å²) >= 11 is 0. The minimum atomic E-state index is -0.267. The van der Waals surface area contributed by atoms with Gasteiger partial charge in [-0.1, -0.05) is 24.3 Å². The Labute approximate surface area is 203 Å². The molecule has 2 aromatic carbocycles. The van der Waals surface area contributed by atoms with Crippen LogP contribution in [0.1, 0.15) is 35.1 Å². The number of aromatic nitrogens is 5. The number of hydrogen-bond donors (Lipinski definition) is 1. The Morgan fingerprint density at radius 2 is 1.94 bits per heavy atom. The maximum absolute atomic E-state index is 13.5. The number of anilines is 2. The van der Waals surface area contributed by atoms with Crippen molar-refractivity contribution in [2.75, 3.05) is 25.6 Å². The van der Waals surface area contributed by atoms with Gasteiger partial charge in [0.15, 0.2) is 5.82 Å². The van der Waals surface area contributed by atoms with Crippen LogP contribution in [0, 0.1) is 19.7 Å². The van der Waals surface area contributed by atoms with Gasteiger partial charge in [-0.15, -0.1) is 10.2 Å². The van der Waals surface area contributed by atoms with Crippen molar-refractivity contribution in [1.82, 2.24) is 24.5 Å². The van der Waals surface area contributed by atoms with E-state index in [1.165, 1.54) is 12.1 Å². The lowest BCUT2D eigenvalue weighted by Gasteiger charge is -2.27. The topological polar surface area (TPSA) is 79.0 Å². The first-order chi connectivity index (χ1) is 17.0. The van der Waals surface area contributed by atoms with E-state index >= 15 is 0 Å². The highest BCUT2D eigenvalue weighted by atomic mass is 19.1. The Morgan fingerprint density at radius 3 is 2.74 bits per heavy atom. The third-order valence-corrected chi connectivity index (χ3v) is 6.32. The number of nitrogens with zero attached hydrogens (tertiary/aromatic N) is 5. The maximum atomic E-state index is 13.5. The van der Waals surface area contributed by atoms with Crippen molar-refractivity contribution in [3.8, 4) is 11.3 Å². The molecule has 1 unspecified atom stereocenters. The van der Waals surface area contributed by atoms with Gasteiger partial charge in [0.2, 0.25) is 5.95 Å². The lowest BCUT2D eigenvalue weighted by Crippen LogP contribution is -2.25. The van der Waals surface area contributed by atoms with Gasteiger partial charge in [-0.25, -0.2) is 4.39 Å². The van der Waals surface area contributed by atoms with E-state index < -0.39 is 0 Å². The van der Waals surface area contributed by atoms with Crippen molar-refractivity contribution in [3.63, 3.8) is 0 Å². The summed E-state index contributed by atoms with van der Waals surface area (Å²) in [5.74, 6) is 1.09. The molecule has 1 atom stereocenters. The van der Waals surface area contributed by atoms with Crippen LogP contribution in [0.2, 0.25) is 0 Å². The lowest BCUT2D eigenvalue weighted by molar-refractivity contribution is 0.0670. The molecule has 0 aliphatic carbocycles. The van der Waals surface area contributed by atoms with E-state index in [0.717, 1.165) is 52.6 Å². The number of ether oxygens (including phenoxy) is 2. The molecule has 0 saturated heterocycles. The predicted octanol–water partition coefficient (Wildman–Crippen LogP) is 4.80. The number of hydrogen-bond acceptors (Lipinski definition) is 6. The fraction of sp³-hybridized carbons (Fsp3) is 0.346. The molecule has 0 saturated carbocycles. The third-order valence-electron chi connectivity index (χ3n) is 6.32. The molecule has 2 aromatic heterocycles. The second-order valence-corrected chi connectivity index (χ2v) is 8.79. The van der Waals surface area contributed by atoms with Gasteiger partial charge in [-0.05, 0) is 55.7 Å². The van der Waals surface area contributed by atoms with Crippen molar-refractivity contribution in [2.45, 2.75) is 39.5 Å². The highest BCUT2D eigenvalue weighted by Gasteiger charge is 2.27. The Bertz CT molecular complexity index is 1310. The smallest absolute Gasteiger partial charge is 0.229 e. The van der Waals surface area contributed by atoms with Crippen LogP contribution in [0.5, 0.6) is 0 Å².